The fourth-order valence-electron chi connectivity index (χ4n) is 1.15. The van der Waals surface area contributed by atoms with Crippen molar-refractivity contribution in [2.45, 2.75) is 34.6 Å². The molecule has 0 atom stereocenters. The van der Waals surface area contributed by atoms with Gasteiger partial charge in [0, 0.05) is 0 Å². The Balaban J connectivity index is 0. The fourth-order valence-corrected chi connectivity index (χ4v) is 1.15. The molecule has 1 rings (SSSR count). The molecule has 0 bridgehead atoms. The molecule has 0 radical (unpaired) electrons. The van der Waals surface area contributed by atoms with Crippen molar-refractivity contribution in [3.63, 3.8) is 0 Å². The summed E-state index contributed by atoms with van der Waals surface area (Å²) in [5.41, 5.74) is 2.66. The standard InChI is InChI=1S/C14H16.C2H6.CH4/c1-3-4-5-6-7-8-14-11-9-13(2)10-12-14;1-2;/h3-7,9-12H,1,8H2,2H3;1-2H3;1H4/b5-4-,7-6-;;. The van der Waals surface area contributed by atoms with E-state index < -0.39 is 0 Å². The van der Waals surface area contributed by atoms with Gasteiger partial charge in [0.25, 0.3) is 0 Å². The van der Waals surface area contributed by atoms with E-state index in [2.05, 4.69) is 43.8 Å². The molecule has 1 aromatic carbocycles. The molecule has 0 spiro atoms. The molecule has 0 aliphatic heterocycles. The first-order valence-electron chi connectivity index (χ1n) is 5.82. The number of benzene rings is 1. The van der Waals surface area contributed by atoms with Crippen molar-refractivity contribution in [3.8, 4) is 0 Å². The first-order chi connectivity index (χ1) is 7.83. The molecule has 0 aliphatic carbocycles. The molecule has 94 valence electrons. The van der Waals surface area contributed by atoms with E-state index in [1.807, 2.05) is 32.1 Å². The van der Waals surface area contributed by atoms with Gasteiger partial charge in [0.15, 0.2) is 0 Å². The van der Waals surface area contributed by atoms with Gasteiger partial charge in [-0.1, -0.05) is 88.1 Å². The van der Waals surface area contributed by atoms with Crippen LogP contribution in [0, 0.1) is 6.92 Å². The Labute approximate surface area is 107 Å². The van der Waals surface area contributed by atoms with Crippen LogP contribution in [0.3, 0.4) is 0 Å². The van der Waals surface area contributed by atoms with E-state index in [1.54, 1.807) is 6.08 Å². The molecule has 0 amide bonds. The normalized spacial score (nSPS) is 9.59. The van der Waals surface area contributed by atoms with Crippen LogP contribution in [0.4, 0.5) is 0 Å². The zero-order chi connectivity index (χ0) is 12.2. The molecule has 0 fully saturated rings. The lowest BCUT2D eigenvalue weighted by Gasteiger charge is -1.96. The molecule has 0 heterocycles. The Bertz CT molecular complexity index is 326. The van der Waals surface area contributed by atoms with Crippen LogP contribution >= 0.6 is 0 Å². The average molecular weight is 230 g/mol. The van der Waals surface area contributed by atoms with Gasteiger partial charge in [-0.15, -0.1) is 0 Å². The smallest absolute Gasteiger partial charge is 0.00943 e. The summed E-state index contributed by atoms with van der Waals surface area (Å²) in [6.45, 7) is 9.71. The van der Waals surface area contributed by atoms with Crippen molar-refractivity contribution >= 4 is 0 Å². The molecule has 0 heteroatoms. The molecular weight excluding hydrogens is 204 g/mol. The second-order valence-corrected chi connectivity index (χ2v) is 3.24. The summed E-state index contributed by atoms with van der Waals surface area (Å²) in [4.78, 5) is 0. The van der Waals surface area contributed by atoms with E-state index in [4.69, 9.17) is 0 Å². The minimum Gasteiger partial charge on any atom is -0.0991 e. The van der Waals surface area contributed by atoms with Gasteiger partial charge in [-0.2, -0.15) is 0 Å². The van der Waals surface area contributed by atoms with Gasteiger partial charge in [0.1, 0.15) is 0 Å². The van der Waals surface area contributed by atoms with Crippen LogP contribution in [0.2, 0.25) is 0 Å². The monoisotopic (exact) mass is 230 g/mol. The van der Waals surface area contributed by atoms with Gasteiger partial charge < -0.3 is 0 Å². The number of hydrogen-bond donors (Lipinski definition) is 0. The van der Waals surface area contributed by atoms with Crippen molar-refractivity contribution in [1.29, 1.82) is 0 Å². The van der Waals surface area contributed by atoms with Crippen LogP contribution in [-0.4, -0.2) is 0 Å². The number of rotatable bonds is 4. The molecule has 0 unspecified atom stereocenters. The minimum atomic E-state index is 0. The summed E-state index contributed by atoms with van der Waals surface area (Å²) < 4.78 is 0. The van der Waals surface area contributed by atoms with Crippen molar-refractivity contribution in [2.24, 2.45) is 0 Å². The zero-order valence-electron chi connectivity index (χ0n) is 10.6. The maximum absolute atomic E-state index is 3.61. The van der Waals surface area contributed by atoms with Crippen LogP contribution < -0.4 is 0 Å². The maximum Gasteiger partial charge on any atom is -0.00943 e. The molecule has 0 saturated carbocycles. The Hall–Kier alpha value is -1.56. The van der Waals surface area contributed by atoms with Crippen LogP contribution in [0.25, 0.3) is 0 Å². The number of aryl methyl sites for hydroxylation is 1. The van der Waals surface area contributed by atoms with Gasteiger partial charge in [-0.3, -0.25) is 0 Å². The van der Waals surface area contributed by atoms with Gasteiger partial charge in [0.2, 0.25) is 0 Å². The third kappa shape index (κ3) is 9.37. The lowest BCUT2D eigenvalue weighted by atomic mass is 10.1. The third-order valence-corrected chi connectivity index (χ3v) is 1.97. The molecule has 0 N–H and O–H groups in total. The second kappa shape index (κ2) is 12.5. The summed E-state index contributed by atoms with van der Waals surface area (Å²) in [7, 11) is 0. The minimum absolute atomic E-state index is 0. The van der Waals surface area contributed by atoms with Crippen LogP contribution in [0.5, 0.6) is 0 Å². The van der Waals surface area contributed by atoms with Gasteiger partial charge >= 0.3 is 0 Å². The highest BCUT2D eigenvalue weighted by atomic mass is 13.9. The Morgan fingerprint density at radius 2 is 1.59 bits per heavy atom. The van der Waals surface area contributed by atoms with E-state index in [9.17, 15) is 0 Å². The third-order valence-electron chi connectivity index (χ3n) is 1.97. The highest BCUT2D eigenvalue weighted by Crippen LogP contribution is 2.04. The van der Waals surface area contributed by atoms with E-state index >= 15 is 0 Å². The first kappa shape index (κ1) is 17.8. The molecule has 0 aromatic heterocycles. The lowest BCUT2D eigenvalue weighted by Crippen LogP contribution is -1.80. The van der Waals surface area contributed by atoms with E-state index in [0.29, 0.717) is 0 Å². The SMILES string of the molecule is C.C=C/C=C\C=C/Cc1ccc(C)cc1.CC. The Morgan fingerprint density at radius 1 is 1.00 bits per heavy atom. The molecule has 0 nitrogen and oxygen atoms in total. The highest BCUT2D eigenvalue weighted by molar-refractivity contribution is 5.23. The quantitative estimate of drug-likeness (QED) is 0.599. The largest absolute Gasteiger partial charge is 0.0991 e. The van der Waals surface area contributed by atoms with Crippen molar-refractivity contribution in [2.75, 3.05) is 0 Å². The lowest BCUT2D eigenvalue weighted by molar-refractivity contribution is 1.26. The highest BCUT2D eigenvalue weighted by Gasteiger charge is 1.87. The second-order valence-electron chi connectivity index (χ2n) is 3.24. The Morgan fingerprint density at radius 3 is 2.12 bits per heavy atom. The van der Waals surface area contributed by atoms with Gasteiger partial charge in [0.05, 0.1) is 0 Å². The number of hydrogen-bond acceptors (Lipinski definition) is 0. The van der Waals surface area contributed by atoms with Gasteiger partial charge in [-0.25, -0.2) is 0 Å². The summed E-state index contributed by atoms with van der Waals surface area (Å²) in [6.07, 6.45) is 10.9. The predicted octanol–water partition coefficient (Wildman–Crippen LogP) is 5.50. The summed E-state index contributed by atoms with van der Waals surface area (Å²) >= 11 is 0. The van der Waals surface area contributed by atoms with Crippen LogP contribution in [0.1, 0.15) is 32.4 Å². The molecule has 0 aliphatic rings. The molecule has 0 saturated heterocycles. The molecular formula is C17H26. The van der Waals surface area contributed by atoms with E-state index in [0.717, 1.165) is 6.42 Å². The Kier molecular flexibility index (Phi) is 13.1. The first-order valence-corrected chi connectivity index (χ1v) is 5.82. The summed E-state index contributed by atoms with van der Waals surface area (Å²) in [5, 5.41) is 0. The molecule has 1 aromatic rings. The molecule has 17 heavy (non-hydrogen) atoms. The zero-order valence-corrected chi connectivity index (χ0v) is 10.6. The van der Waals surface area contributed by atoms with Crippen molar-refractivity contribution in [1.82, 2.24) is 0 Å². The predicted molar refractivity (Wildman–Crippen MR) is 81.4 cm³/mol. The summed E-state index contributed by atoms with van der Waals surface area (Å²) in [6, 6.07) is 8.61. The maximum atomic E-state index is 3.61. The average Bonchev–Trinajstić information content (AvgIpc) is 2.34. The topological polar surface area (TPSA) is 0 Å². The van der Waals surface area contributed by atoms with E-state index in [-0.39, 0.29) is 7.43 Å². The number of allylic oxidation sites excluding steroid dienone is 5. The van der Waals surface area contributed by atoms with Crippen LogP contribution in [-0.2, 0) is 6.42 Å². The summed E-state index contributed by atoms with van der Waals surface area (Å²) in [5.74, 6) is 0. The van der Waals surface area contributed by atoms with Gasteiger partial charge in [-0.05, 0) is 18.9 Å². The van der Waals surface area contributed by atoms with Crippen LogP contribution in [0.15, 0.2) is 61.2 Å². The van der Waals surface area contributed by atoms with Crippen molar-refractivity contribution < 1.29 is 0 Å². The van der Waals surface area contributed by atoms with Crippen molar-refractivity contribution in [3.05, 3.63) is 72.4 Å². The van der Waals surface area contributed by atoms with E-state index in [1.165, 1.54) is 11.1 Å². The fraction of sp³-hybridized carbons (Fsp3) is 0.294.